The third-order valence-electron chi connectivity index (χ3n) is 4.47. The lowest BCUT2D eigenvalue weighted by Crippen LogP contribution is -2.20. The summed E-state index contributed by atoms with van der Waals surface area (Å²) in [5, 5.41) is 14.2. The van der Waals surface area contributed by atoms with Gasteiger partial charge in [-0.25, -0.2) is 4.79 Å². The van der Waals surface area contributed by atoms with Gasteiger partial charge in [0.05, 0.1) is 11.2 Å². The lowest BCUT2D eigenvalue weighted by Gasteiger charge is -2.10. The molecule has 6 nitrogen and oxygen atoms in total. The van der Waals surface area contributed by atoms with Crippen LogP contribution in [-0.2, 0) is 6.61 Å². The number of anilines is 2. The highest BCUT2D eigenvalue weighted by Gasteiger charge is 2.12. The van der Waals surface area contributed by atoms with Gasteiger partial charge in [0, 0.05) is 20.9 Å². The van der Waals surface area contributed by atoms with Gasteiger partial charge < -0.3 is 10.1 Å². The van der Waals surface area contributed by atoms with Gasteiger partial charge in [-0.15, -0.1) is 11.8 Å². The van der Waals surface area contributed by atoms with Gasteiger partial charge in [0.2, 0.25) is 0 Å². The van der Waals surface area contributed by atoms with Gasteiger partial charge in [-0.05, 0) is 42.7 Å². The topological polar surface area (TPSA) is 79.0 Å². The summed E-state index contributed by atoms with van der Waals surface area (Å²) in [7, 11) is 0. The number of rotatable bonds is 6. The number of thioether (sulfide) groups is 1. The molecule has 0 aliphatic rings. The standard InChI is InChI=1S/C22H19ClN4O2S/c1-30-20-9-5-4-8-19(20)24-22(28)25-21-16-12-15(10-11-18(16)26-27-21)29-13-14-6-2-3-7-17(14)23/h2-12H,13H2,1H3,(H3,24,25,26,27,28). The van der Waals surface area contributed by atoms with Crippen molar-refractivity contribution in [2.75, 3.05) is 16.9 Å². The Morgan fingerprint density at radius 3 is 2.73 bits per heavy atom. The third kappa shape index (κ3) is 4.53. The number of amides is 2. The summed E-state index contributed by atoms with van der Waals surface area (Å²) in [6, 6.07) is 20.3. The number of aromatic amines is 1. The van der Waals surface area contributed by atoms with Crippen LogP contribution in [0.25, 0.3) is 10.9 Å². The zero-order chi connectivity index (χ0) is 20.9. The molecular formula is C22H19ClN4O2S. The molecule has 0 atom stereocenters. The van der Waals surface area contributed by atoms with Gasteiger partial charge in [0.25, 0.3) is 0 Å². The normalized spacial score (nSPS) is 10.7. The Morgan fingerprint density at radius 1 is 1.10 bits per heavy atom. The molecule has 0 bridgehead atoms. The molecule has 0 radical (unpaired) electrons. The van der Waals surface area contributed by atoms with Gasteiger partial charge in [-0.2, -0.15) is 5.10 Å². The van der Waals surface area contributed by atoms with Gasteiger partial charge in [-0.1, -0.05) is 41.9 Å². The molecule has 30 heavy (non-hydrogen) atoms. The summed E-state index contributed by atoms with van der Waals surface area (Å²) < 4.78 is 5.88. The number of carbonyl (C=O) groups is 1. The highest BCUT2D eigenvalue weighted by atomic mass is 35.5. The maximum absolute atomic E-state index is 12.5. The molecule has 0 spiro atoms. The Bertz CT molecular complexity index is 1190. The van der Waals surface area contributed by atoms with Gasteiger partial charge in [0.15, 0.2) is 5.82 Å². The Hall–Kier alpha value is -3.16. The number of ether oxygens (including phenoxy) is 1. The number of benzene rings is 3. The first kappa shape index (κ1) is 20.1. The average molecular weight is 439 g/mol. The van der Waals surface area contributed by atoms with Crippen molar-refractivity contribution in [3.05, 3.63) is 77.3 Å². The minimum Gasteiger partial charge on any atom is -0.489 e. The van der Waals surface area contributed by atoms with E-state index in [0.29, 0.717) is 23.2 Å². The molecule has 2 amide bonds. The van der Waals surface area contributed by atoms with Gasteiger partial charge >= 0.3 is 6.03 Å². The van der Waals surface area contributed by atoms with Crippen LogP contribution in [0.3, 0.4) is 0 Å². The Labute approximate surface area is 183 Å². The fraction of sp³-hybridized carbons (Fsp3) is 0.0909. The molecule has 4 aromatic rings. The lowest BCUT2D eigenvalue weighted by atomic mass is 10.2. The molecule has 0 saturated carbocycles. The molecule has 3 N–H and O–H groups in total. The van der Waals surface area contributed by atoms with E-state index in [4.69, 9.17) is 16.3 Å². The van der Waals surface area contributed by atoms with E-state index in [2.05, 4.69) is 20.8 Å². The van der Waals surface area contributed by atoms with E-state index in [-0.39, 0.29) is 6.03 Å². The molecule has 4 rings (SSSR count). The van der Waals surface area contributed by atoms with Crippen molar-refractivity contribution in [1.29, 1.82) is 0 Å². The van der Waals surface area contributed by atoms with Crippen molar-refractivity contribution < 1.29 is 9.53 Å². The molecular weight excluding hydrogens is 420 g/mol. The molecule has 152 valence electrons. The second-order valence-corrected chi connectivity index (χ2v) is 7.69. The van der Waals surface area contributed by atoms with Crippen LogP contribution >= 0.6 is 23.4 Å². The molecule has 3 aromatic carbocycles. The Balaban J connectivity index is 1.48. The SMILES string of the molecule is CSc1ccccc1NC(=O)Nc1n[nH]c2ccc(OCc3ccccc3Cl)cc12. The van der Waals surface area contributed by atoms with E-state index in [1.165, 1.54) is 0 Å². The minimum absolute atomic E-state index is 0.345. The molecule has 0 unspecified atom stereocenters. The number of urea groups is 1. The Morgan fingerprint density at radius 2 is 1.90 bits per heavy atom. The monoisotopic (exact) mass is 438 g/mol. The number of aromatic nitrogens is 2. The number of nitrogens with zero attached hydrogens (tertiary/aromatic N) is 1. The maximum Gasteiger partial charge on any atom is 0.324 e. The number of hydrogen-bond donors (Lipinski definition) is 3. The van der Waals surface area contributed by atoms with Crippen molar-refractivity contribution in [3.63, 3.8) is 0 Å². The lowest BCUT2D eigenvalue weighted by molar-refractivity contribution is 0.262. The number of hydrogen-bond acceptors (Lipinski definition) is 4. The van der Waals surface area contributed by atoms with Crippen molar-refractivity contribution in [2.24, 2.45) is 0 Å². The van der Waals surface area contributed by atoms with Crippen molar-refractivity contribution in [3.8, 4) is 5.75 Å². The number of fused-ring (bicyclic) bond motifs is 1. The van der Waals surface area contributed by atoms with E-state index in [1.807, 2.05) is 73.0 Å². The highest BCUT2D eigenvalue weighted by Crippen LogP contribution is 2.28. The van der Waals surface area contributed by atoms with E-state index in [1.54, 1.807) is 11.8 Å². The number of nitrogens with one attached hydrogen (secondary N) is 3. The fourth-order valence-corrected chi connectivity index (χ4v) is 3.71. The first-order valence-corrected chi connectivity index (χ1v) is 10.8. The van der Waals surface area contributed by atoms with Crippen LogP contribution in [-0.4, -0.2) is 22.5 Å². The van der Waals surface area contributed by atoms with Gasteiger partial charge in [-0.3, -0.25) is 10.4 Å². The average Bonchev–Trinajstić information content (AvgIpc) is 3.15. The van der Waals surface area contributed by atoms with Crippen LogP contribution in [0, 0.1) is 0 Å². The summed E-state index contributed by atoms with van der Waals surface area (Å²) in [6.45, 7) is 0.345. The molecule has 1 aromatic heterocycles. The van der Waals surface area contributed by atoms with E-state index >= 15 is 0 Å². The second-order valence-electron chi connectivity index (χ2n) is 6.44. The molecule has 0 aliphatic carbocycles. The maximum atomic E-state index is 12.5. The van der Waals surface area contributed by atoms with Crippen LogP contribution in [0.1, 0.15) is 5.56 Å². The van der Waals surface area contributed by atoms with Crippen LogP contribution in [0.4, 0.5) is 16.3 Å². The van der Waals surface area contributed by atoms with Crippen LogP contribution in [0.5, 0.6) is 5.75 Å². The van der Waals surface area contributed by atoms with Crippen LogP contribution in [0.2, 0.25) is 5.02 Å². The summed E-state index contributed by atoms with van der Waals surface area (Å²) in [4.78, 5) is 13.5. The van der Waals surface area contributed by atoms with E-state index < -0.39 is 0 Å². The third-order valence-corrected chi connectivity index (χ3v) is 5.64. The number of carbonyl (C=O) groups excluding carboxylic acids is 1. The first-order valence-electron chi connectivity index (χ1n) is 9.19. The fourth-order valence-electron chi connectivity index (χ4n) is 2.96. The predicted octanol–water partition coefficient (Wildman–Crippen LogP) is 6.16. The van der Waals surface area contributed by atoms with E-state index in [0.717, 1.165) is 27.0 Å². The zero-order valence-electron chi connectivity index (χ0n) is 16.1. The summed E-state index contributed by atoms with van der Waals surface area (Å²) in [5.41, 5.74) is 2.43. The van der Waals surface area contributed by atoms with Crippen molar-refractivity contribution in [1.82, 2.24) is 10.2 Å². The molecule has 1 heterocycles. The smallest absolute Gasteiger partial charge is 0.324 e. The number of H-pyrrole nitrogens is 1. The van der Waals surface area contributed by atoms with E-state index in [9.17, 15) is 4.79 Å². The van der Waals surface area contributed by atoms with Crippen molar-refractivity contribution in [2.45, 2.75) is 11.5 Å². The van der Waals surface area contributed by atoms with Crippen LogP contribution < -0.4 is 15.4 Å². The number of para-hydroxylation sites is 1. The highest BCUT2D eigenvalue weighted by molar-refractivity contribution is 7.98. The summed E-state index contributed by atoms with van der Waals surface area (Å²) in [5.74, 6) is 1.08. The largest absolute Gasteiger partial charge is 0.489 e. The summed E-state index contributed by atoms with van der Waals surface area (Å²) >= 11 is 7.75. The van der Waals surface area contributed by atoms with Gasteiger partial charge in [0.1, 0.15) is 12.4 Å². The molecule has 0 fully saturated rings. The molecule has 0 saturated heterocycles. The predicted molar refractivity (Wildman–Crippen MR) is 123 cm³/mol. The van der Waals surface area contributed by atoms with Crippen molar-refractivity contribution >= 4 is 51.8 Å². The minimum atomic E-state index is -0.368. The molecule has 0 aliphatic heterocycles. The first-order chi connectivity index (χ1) is 14.6. The zero-order valence-corrected chi connectivity index (χ0v) is 17.7. The molecule has 8 heteroatoms. The number of halogens is 1. The van der Waals surface area contributed by atoms with Crippen LogP contribution in [0.15, 0.2) is 71.6 Å². The summed E-state index contributed by atoms with van der Waals surface area (Å²) in [6.07, 6.45) is 1.96. The second kappa shape index (κ2) is 9.11. The quantitative estimate of drug-likeness (QED) is 0.315. The Kier molecular flexibility index (Phi) is 6.11.